The predicted molar refractivity (Wildman–Crippen MR) is 114 cm³/mol. The summed E-state index contributed by atoms with van der Waals surface area (Å²) in [5.41, 5.74) is 2.14. The molecule has 0 aliphatic rings. The molecule has 0 saturated heterocycles. The standard InChI is InChI=1S/C21H30N4O2S/c1-5-7-8-9-17(26)22-18(15(4)6-2)19(27)23-21-25-24-20(28-21)16-12-10-14(3)11-13-16/h10-13,15,18H,5-9H2,1-4H3,(H,22,26)(H,23,25,27). The van der Waals surface area contributed by atoms with Crippen molar-refractivity contribution in [1.82, 2.24) is 15.5 Å². The third kappa shape index (κ3) is 6.41. The predicted octanol–water partition coefficient (Wildman–Crippen LogP) is 4.56. The molecule has 2 N–H and O–H groups in total. The fourth-order valence-electron chi connectivity index (χ4n) is 2.75. The first-order chi connectivity index (χ1) is 13.4. The number of amides is 2. The van der Waals surface area contributed by atoms with Crippen LogP contribution in [0.2, 0.25) is 0 Å². The molecule has 2 amide bonds. The minimum absolute atomic E-state index is 0.0274. The highest BCUT2D eigenvalue weighted by Gasteiger charge is 2.26. The Hall–Kier alpha value is -2.28. The van der Waals surface area contributed by atoms with Gasteiger partial charge in [0.05, 0.1) is 0 Å². The normalized spacial score (nSPS) is 13.0. The summed E-state index contributed by atoms with van der Waals surface area (Å²) in [4.78, 5) is 25.0. The monoisotopic (exact) mass is 402 g/mol. The van der Waals surface area contributed by atoms with Gasteiger partial charge in [-0.15, -0.1) is 10.2 Å². The minimum atomic E-state index is -0.578. The lowest BCUT2D eigenvalue weighted by atomic mass is 9.98. The highest BCUT2D eigenvalue weighted by atomic mass is 32.1. The van der Waals surface area contributed by atoms with E-state index in [1.807, 2.05) is 45.0 Å². The summed E-state index contributed by atoms with van der Waals surface area (Å²) in [5, 5.41) is 15.2. The number of benzene rings is 1. The molecule has 7 heteroatoms. The molecule has 28 heavy (non-hydrogen) atoms. The van der Waals surface area contributed by atoms with Gasteiger partial charge >= 0.3 is 0 Å². The highest BCUT2D eigenvalue weighted by Crippen LogP contribution is 2.26. The Bertz CT molecular complexity index is 773. The fourth-order valence-corrected chi connectivity index (χ4v) is 3.50. The molecule has 1 aromatic carbocycles. The van der Waals surface area contributed by atoms with Gasteiger partial charge in [-0.2, -0.15) is 0 Å². The Kier molecular flexibility index (Phi) is 8.57. The molecule has 0 aliphatic carbocycles. The van der Waals surface area contributed by atoms with Crippen molar-refractivity contribution >= 4 is 28.3 Å². The lowest BCUT2D eigenvalue weighted by Gasteiger charge is -2.23. The number of hydrogen-bond donors (Lipinski definition) is 2. The number of aryl methyl sites for hydroxylation is 1. The van der Waals surface area contributed by atoms with E-state index in [9.17, 15) is 9.59 Å². The van der Waals surface area contributed by atoms with Crippen LogP contribution in [0.1, 0.15) is 58.4 Å². The summed E-state index contributed by atoms with van der Waals surface area (Å²) in [6, 6.07) is 7.43. The van der Waals surface area contributed by atoms with Crippen molar-refractivity contribution in [3.63, 3.8) is 0 Å². The van der Waals surface area contributed by atoms with Crippen LogP contribution < -0.4 is 10.6 Å². The Morgan fingerprint density at radius 3 is 2.46 bits per heavy atom. The summed E-state index contributed by atoms with van der Waals surface area (Å²) in [6.45, 7) is 8.10. The number of anilines is 1. The molecule has 0 radical (unpaired) electrons. The maximum atomic E-state index is 12.8. The molecule has 0 aliphatic heterocycles. The van der Waals surface area contributed by atoms with Crippen molar-refractivity contribution in [2.75, 3.05) is 5.32 Å². The molecule has 0 saturated carbocycles. The zero-order valence-electron chi connectivity index (χ0n) is 17.1. The quantitative estimate of drug-likeness (QED) is 0.571. The van der Waals surface area contributed by atoms with Crippen LogP contribution in [0.5, 0.6) is 0 Å². The van der Waals surface area contributed by atoms with Crippen LogP contribution in [0, 0.1) is 12.8 Å². The van der Waals surface area contributed by atoms with Gasteiger partial charge in [-0.05, 0) is 19.3 Å². The fraction of sp³-hybridized carbons (Fsp3) is 0.524. The zero-order valence-corrected chi connectivity index (χ0v) is 17.9. The van der Waals surface area contributed by atoms with Crippen LogP contribution in [0.4, 0.5) is 5.13 Å². The molecule has 2 aromatic rings. The number of nitrogens with one attached hydrogen (secondary N) is 2. The first-order valence-corrected chi connectivity index (χ1v) is 10.8. The van der Waals surface area contributed by atoms with Crippen LogP contribution in [0.25, 0.3) is 10.6 Å². The van der Waals surface area contributed by atoms with E-state index in [1.54, 1.807) is 0 Å². The summed E-state index contributed by atoms with van der Waals surface area (Å²) >= 11 is 1.33. The Labute approximate surface area is 171 Å². The van der Waals surface area contributed by atoms with Gasteiger partial charge in [0.15, 0.2) is 0 Å². The van der Waals surface area contributed by atoms with E-state index >= 15 is 0 Å². The van der Waals surface area contributed by atoms with Crippen LogP contribution >= 0.6 is 11.3 Å². The molecule has 2 unspecified atom stereocenters. The number of rotatable bonds is 10. The molecule has 2 rings (SSSR count). The maximum absolute atomic E-state index is 12.8. The molecular formula is C21H30N4O2S. The minimum Gasteiger partial charge on any atom is -0.344 e. The second-order valence-corrected chi connectivity index (χ2v) is 8.13. The van der Waals surface area contributed by atoms with Crippen molar-refractivity contribution in [2.24, 2.45) is 5.92 Å². The van der Waals surface area contributed by atoms with E-state index in [0.717, 1.165) is 36.3 Å². The van der Waals surface area contributed by atoms with Gasteiger partial charge in [-0.1, -0.05) is 81.2 Å². The SMILES string of the molecule is CCCCCC(=O)NC(C(=O)Nc1nnc(-c2ccc(C)cc2)s1)C(C)CC. The number of carbonyl (C=O) groups excluding carboxylic acids is 2. The number of carbonyl (C=O) groups is 2. The van der Waals surface area contributed by atoms with E-state index < -0.39 is 6.04 Å². The number of unbranched alkanes of at least 4 members (excludes halogenated alkanes) is 2. The molecule has 2 atom stereocenters. The largest absolute Gasteiger partial charge is 0.344 e. The molecule has 1 heterocycles. The summed E-state index contributed by atoms with van der Waals surface area (Å²) < 4.78 is 0. The lowest BCUT2D eigenvalue weighted by molar-refractivity contribution is -0.127. The van der Waals surface area contributed by atoms with Gasteiger partial charge < -0.3 is 5.32 Å². The van der Waals surface area contributed by atoms with Crippen molar-refractivity contribution in [3.05, 3.63) is 29.8 Å². The topological polar surface area (TPSA) is 84.0 Å². The van der Waals surface area contributed by atoms with Crippen LogP contribution in [-0.2, 0) is 9.59 Å². The van der Waals surface area contributed by atoms with Gasteiger partial charge in [0, 0.05) is 12.0 Å². The first kappa shape index (κ1) is 22.0. The molecular weight excluding hydrogens is 372 g/mol. The average molecular weight is 403 g/mol. The van der Waals surface area contributed by atoms with Crippen LogP contribution in [0.15, 0.2) is 24.3 Å². The number of aromatic nitrogens is 2. The van der Waals surface area contributed by atoms with Gasteiger partial charge in [-0.25, -0.2) is 0 Å². The number of nitrogens with zero attached hydrogens (tertiary/aromatic N) is 2. The Morgan fingerprint density at radius 1 is 1.11 bits per heavy atom. The van der Waals surface area contributed by atoms with Crippen molar-refractivity contribution in [2.45, 2.75) is 65.8 Å². The summed E-state index contributed by atoms with van der Waals surface area (Å²) in [5.74, 6) is -0.295. The summed E-state index contributed by atoms with van der Waals surface area (Å²) in [6.07, 6.45) is 4.15. The zero-order chi connectivity index (χ0) is 20.5. The van der Waals surface area contributed by atoms with Gasteiger partial charge in [0.2, 0.25) is 16.9 Å². The third-order valence-corrected chi connectivity index (χ3v) is 5.66. The van der Waals surface area contributed by atoms with Crippen LogP contribution in [-0.4, -0.2) is 28.1 Å². The molecule has 152 valence electrons. The lowest BCUT2D eigenvalue weighted by Crippen LogP contribution is -2.47. The van der Waals surface area contributed by atoms with E-state index in [1.165, 1.54) is 16.9 Å². The van der Waals surface area contributed by atoms with E-state index in [0.29, 0.717) is 11.6 Å². The van der Waals surface area contributed by atoms with E-state index in [2.05, 4.69) is 27.8 Å². The first-order valence-electron chi connectivity index (χ1n) is 9.95. The van der Waals surface area contributed by atoms with Crippen LogP contribution in [0.3, 0.4) is 0 Å². The molecule has 0 spiro atoms. The Morgan fingerprint density at radius 2 is 1.82 bits per heavy atom. The molecule has 1 aromatic heterocycles. The highest BCUT2D eigenvalue weighted by molar-refractivity contribution is 7.18. The second kappa shape index (κ2) is 10.9. The molecule has 0 fully saturated rings. The average Bonchev–Trinajstić information content (AvgIpc) is 3.14. The molecule has 0 bridgehead atoms. The van der Waals surface area contributed by atoms with Gasteiger partial charge in [-0.3, -0.25) is 14.9 Å². The van der Waals surface area contributed by atoms with E-state index in [4.69, 9.17) is 0 Å². The van der Waals surface area contributed by atoms with Crippen molar-refractivity contribution < 1.29 is 9.59 Å². The second-order valence-electron chi connectivity index (χ2n) is 7.16. The number of hydrogen-bond acceptors (Lipinski definition) is 5. The third-order valence-electron chi connectivity index (χ3n) is 4.77. The van der Waals surface area contributed by atoms with Gasteiger partial charge in [0.1, 0.15) is 11.0 Å². The molecule has 6 nitrogen and oxygen atoms in total. The van der Waals surface area contributed by atoms with E-state index in [-0.39, 0.29) is 17.7 Å². The Balaban J connectivity index is 2.02. The maximum Gasteiger partial charge on any atom is 0.249 e. The smallest absolute Gasteiger partial charge is 0.249 e. The van der Waals surface area contributed by atoms with Crippen molar-refractivity contribution in [1.29, 1.82) is 0 Å². The summed E-state index contributed by atoms with van der Waals surface area (Å²) in [7, 11) is 0. The van der Waals surface area contributed by atoms with Crippen molar-refractivity contribution in [3.8, 4) is 10.6 Å². The van der Waals surface area contributed by atoms with Gasteiger partial charge in [0.25, 0.3) is 0 Å².